The van der Waals surface area contributed by atoms with E-state index in [-0.39, 0.29) is 0 Å². The van der Waals surface area contributed by atoms with E-state index >= 15 is 0 Å². The van der Waals surface area contributed by atoms with Crippen LogP contribution in [0.4, 0.5) is 0 Å². The number of Topliss-reactive ketones (excluding diaryl/α,β-unsaturated/α-hetero) is 1. The topological polar surface area (TPSA) is 60.4 Å². The number of esters is 1. The number of halogens is 1. The number of rotatable bonds is 5. The number of ether oxygens (including phenoxy) is 1. The van der Waals surface area contributed by atoms with E-state index in [0.29, 0.717) is 5.02 Å². The molecule has 0 N–H and O–H groups in total. The number of carbonyl (C=O) groups is 3. The molecular formula is C13H11ClO4. The minimum Gasteiger partial charge on any atom is -0.463 e. The van der Waals surface area contributed by atoms with Crippen LogP contribution in [0.5, 0.6) is 0 Å². The number of hydrogen-bond donors (Lipinski definition) is 0. The van der Waals surface area contributed by atoms with Crippen molar-refractivity contribution in [2.45, 2.75) is 6.42 Å². The van der Waals surface area contributed by atoms with Crippen LogP contribution in [0.25, 0.3) is 6.08 Å². The van der Waals surface area contributed by atoms with Crippen LogP contribution in [0.15, 0.2) is 30.3 Å². The Labute approximate surface area is 109 Å². The van der Waals surface area contributed by atoms with E-state index < -0.39 is 24.0 Å². The monoisotopic (exact) mass is 266 g/mol. The molecule has 0 aliphatic rings. The van der Waals surface area contributed by atoms with E-state index in [0.717, 1.165) is 12.7 Å². The Kier molecular flexibility index (Phi) is 5.27. The summed E-state index contributed by atoms with van der Waals surface area (Å²) in [6.07, 6.45) is 2.30. The number of allylic oxidation sites excluding steroid dienone is 1. The third-order valence-corrected chi connectivity index (χ3v) is 2.33. The van der Waals surface area contributed by atoms with Crippen LogP contribution in [0.2, 0.25) is 5.02 Å². The molecule has 0 aliphatic heterocycles. The largest absolute Gasteiger partial charge is 0.463 e. The van der Waals surface area contributed by atoms with Crippen LogP contribution in [-0.2, 0) is 19.1 Å². The lowest BCUT2D eigenvalue weighted by Gasteiger charge is -1.96. The van der Waals surface area contributed by atoms with Crippen molar-refractivity contribution >= 4 is 35.2 Å². The van der Waals surface area contributed by atoms with Crippen LogP contribution in [-0.4, -0.2) is 24.6 Å². The Morgan fingerprint density at radius 2 is 1.83 bits per heavy atom. The highest BCUT2D eigenvalue weighted by Crippen LogP contribution is 2.10. The highest BCUT2D eigenvalue weighted by Gasteiger charge is 2.16. The predicted octanol–water partition coefficient (Wildman–Crippen LogP) is 2.05. The van der Waals surface area contributed by atoms with Gasteiger partial charge in [-0.05, 0) is 23.8 Å². The third kappa shape index (κ3) is 4.51. The fourth-order valence-electron chi connectivity index (χ4n) is 1.17. The molecule has 0 radical (unpaired) electrons. The normalized spacial score (nSPS) is 10.3. The van der Waals surface area contributed by atoms with E-state index in [9.17, 15) is 14.4 Å². The van der Waals surface area contributed by atoms with Crippen LogP contribution >= 0.6 is 11.6 Å². The minimum atomic E-state index is -1.01. The molecule has 0 fully saturated rings. The van der Waals surface area contributed by atoms with Crippen molar-refractivity contribution < 1.29 is 19.1 Å². The maximum absolute atomic E-state index is 11.4. The quantitative estimate of drug-likeness (QED) is 0.354. The summed E-state index contributed by atoms with van der Waals surface area (Å²) in [7, 11) is 1.09. The van der Waals surface area contributed by atoms with Crippen molar-refractivity contribution in [1.29, 1.82) is 0 Å². The first-order chi connectivity index (χ1) is 8.52. The molecule has 4 nitrogen and oxygen atoms in total. The third-order valence-electron chi connectivity index (χ3n) is 2.08. The molecule has 1 aromatic carbocycles. The molecule has 5 heteroatoms. The maximum atomic E-state index is 11.4. The van der Waals surface area contributed by atoms with E-state index in [1.54, 1.807) is 30.3 Å². The zero-order chi connectivity index (χ0) is 13.5. The second kappa shape index (κ2) is 6.71. The van der Waals surface area contributed by atoms with Gasteiger partial charge in [-0.1, -0.05) is 29.8 Å². The Balaban J connectivity index is 2.57. The van der Waals surface area contributed by atoms with Crippen molar-refractivity contribution in [2.24, 2.45) is 0 Å². The Morgan fingerprint density at radius 3 is 2.39 bits per heavy atom. The van der Waals surface area contributed by atoms with Gasteiger partial charge in [-0.25, -0.2) is 4.79 Å². The summed E-state index contributed by atoms with van der Waals surface area (Å²) in [5.74, 6) is -2.33. The van der Waals surface area contributed by atoms with Crippen molar-refractivity contribution in [3.05, 3.63) is 40.9 Å². The van der Waals surface area contributed by atoms with Gasteiger partial charge in [0.05, 0.1) is 13.5 Å². The van der Waals surface area contributed by atoms with Crippen LogP contribution in [0.1, 0.15) is 12.0 Å². The maximum Gasteiger partial charge on any atom is 0.374 e. The van der Waals surface area contributed by atoms with Gasteiger partial charge in [-0.2, -0.15) is 0 Å². The molecule has 0 aromatic heterocycles. The van der Waals surface area contributed by atoms with Gasteiger partial charge < -0.3 is 4.74 Å². The van der Waals surface area contributed by atoms with E-state index in [2.05, 4.69) is 4.74 Å². The molecule has 94 valence electrons. The second-order valence-corrected chi connectivity index (χ2v) is 3.88. The molecule has 0 saturated carbocycles. The Hall–Kier alpha value is -1.94. The molecule has 18 heavy (non-hydrogen) atoms. The molecule has 0 spiro atoms. The SMILES string of the molecule is COC(=O)C(=O)CC(=O)C=Cc1ccc(Cl)cc1. The van der Waals surface area contributed by atoms with Gasteiger partial charge in [0.1, 0.15) is 0 Å². The average Bonchev–Trinajstić information content (AvgIpc) is 2.37. The summed E-state index contributed by atoms with van der Waals surface area (Å²) < 4.78 is 4.21. The summed E-state index contributed by atoms with van der Waals surface area (Å²) in [6.45, 7) is 0. The standard InChI is InChI=1S/C13H11ClO4/c1-18-13(17)12(16)8-11(15)7-4-9-2-5-10(14)6-3-9/h2-7H,8H2,1H3. The summed E-state index contributed by atoms with van der Waals surface area (Å²) in [5, 5.41) is 0.597. The molecule has 0 amide bonds. The number of methoxy groups -OCH3 is 1. The molecule has 0 saturated heterocycles. The molecule has 1 aromatic rings. The van der Waals surface area contributed by atoms with Gasteiger partial charge in [0.15, 0.2) is 5.78 Å². The first-order valence-corrected chi connectivity index (χ1v) is 5.48. The van der Waals surface area contributed by atoms with Crippen LogP contribution in [0.3, 0.4) is 0 Å². The fraction of sp³-hybridized carbons (Fsp3) is 0.154. The lowest BCUT2D eigenvalue weighted by Crippen LogP contribution is -2.18. The van der Waals surface area contributed by atoms with E-state index in [1.807, 2.05) is 0 Å². The summed E-state index contributed by atoms with van der Waals surface area (Å²) >= 11 is 5.71. The van der Waals surface area contributed by atoms with Gasteiger partial charge in [0.2, 0.25) is 5.78 Å². The highest BCUT2D eigenvalue weighted by atomic mass is 35.5. The average molecular weight is 267 g/mol. The molecule has 0 unspecified atom stereocenters. The first-order valence-electron chi connectivity index (χ1n) is 5.10. The van der Waals surface area contributed by atoms with Crippen molar-refractivity contribution in [2.75, 3.05) is 7.11 Å². The molecule has 0 heterocycles. The number of benzene rings is 1. The van der Waals surface area contributed by atoms with Crippen LogP contribution < -0.4 is 0 Å². The molecule has 0 aliphatic carbocycles. The van der Waals surface area contributed by atoms with Gasteiger partial charge in [0, 0.05) is 5.02 Å². The zero-order valence-electron chi connectivity index (χ0n) is 9.68. The summed E-state index contributed by atoms with van der Waals surface area (Å²) in [5.41, 5.74) is 0.776. The fourth-order valence-corrected chi connectivity index (χ4v) is 1.29. The number of carbonyl (C=O) groups excluding carboxylic acids is 3. The molecular weight excluding hydrogens is 256 g/mol. The lowest BCUT2D eigenvalue weighted by molar-refractivity contribution is -0.152. The van der Waals surface area contributed by atoms with Crippen LogP contribution in [0, 0.1) is 0 Å². The van der Waals surface area contributed by atoms with Gasteiger partial charge >= 0.3 is 5.97 Å². The predicted molar refractivity (Wildman–Crippen MR) is 67.1 cm³/mol. The van der Waals surface area contributed by atoms with Gasteiger partial charge in [0.25, 0.3) is 0 Å². The first kappa shape index (κ1) is 14.1. The van der Waals surface area contributed by atoms with E-state index in [4.69, 9.17) is 11.6 Å². The number of ketones is 2. The summed E-state index contributed by atoms with van der Waals surface area (Å²) in [4.78, 5) is 33.3. The van der Waals surface area contributed by atoms with Crippen molar-refractivity contribution in [1.82, 2.24) is 0 Å². The van der Waals surface area contributed by atoms with E-state index in [1.165, 1.54) is 6.08 Å². The Bertz CT molecular complexity index is 488. The smallest absolute Gasteiger partial charge is 0.374 e. The lowest BCUT2D eigenvalue weighted by atomic mass is 10.1. The van der Waals surface area contributed by atoms with Crippen molar-refractivity contribution in [3.8, 4) is 0 Å². The second-order valence-electron chi connectivity index (χ2n) is 3.44. The molecule has 1 rings (SSSR count). The highest BCUT2D eigenvalue weighted by molar-refractivity contribution is 6.37. The molecule has 0 atom stereocenters. The molecule has 0 bridgehead atoms. The minimum absolute atomic E-state index is 0.458. The van der Waals surface area contributed by atoms with Crippen molar-refractivity contribution in [3.63, 3.8) is 0 Å². The Morgan fingerprint density at radius 1 is 1.22 bits per heavy atom. The number of hydrogen-bond acceptors (Lipinski definition) is 4. The zero-order valence-corrected chi connectivity index (χ0v) is 10.4. The summed E-state index contributed by atoms with van der Waals surface area (Å²) in [6, 6.07) is 6.83. The van der Waals surface area contributed by atoms with Gasteiger partial charge in [-0.15, -0.1) is 0 Å². The van der Waals surface area contributed by atoms with Gasteiger partial charge in [-0.3, -0.25) is 9.59 Å².